The van der Waals surface area contributed by atoms with Crippen molar-refractivity contribution in [2.75, 3.05) is 13.1 Å². The predicted molar refractivity (Wildman–Crippen MR) is 61.0 cm³/mol. The van der Waals surface area contributed by atoms with Crippen LogP contribution in [-0.2, 0) is 0 Å². The van der Waals surface area contributed by atoms with Gasteiger partial charge in [0.1, 0.15) is 6.07 Å². The van der Waals surface area contributed by atoms with Crippen LogP contribution < -0.4 is 5.32 Å². The topological polar surface area (TPSA) is 48.7 Å². The lowest BCUT2D eigenvalue weighted by Gasteiger charge is -2.21. The smallest absolute Gasteiger partial charge is 0.101 e. The third-order valence-corrected chi connectivity index (χ3v) is 2.67. The van der Waals surface area contributed by atoms with Crippen LogP contribution in [0.25, 0.3) is 0 Å². The van der Waals surface area contributed by atoms with Crippen LogP contribution in [0.4, 0.5) is 0 Å². The average Bonchev–Trinajstić information content (AvgIpc) is 2.30. The van der Waals surface area contributed by atoms with Crippen LogP contribution >= 0.6 is 12.4 Å². The second-order valence-corrected chi connectivity index (χ2v) is 3.61. The third kappa shape index (κ3) is 2.92. The lowest BCUT2D eigenvalue weighted by Crippen LogP contribution is -2.27. The largest absolute Gasteiger partial charge is 0.317 e. The Balaban J connectivity index is 0.00000112. The molecule has 0 saturated carbocycles. The van der Waals surface area contributed by atoms with Gasteiger partial charge in [-0.05, 0) is 38.1 Å². The van der Waals surface area contributed by atoms with Crippen molar-refractivity contribution in [3.63, 3.8) is 0 Å². The molecular formula is C11H14ClN3. The predicted octanol–water partition coefficient (Wildman–Crippen LogP) is 1.84. The highest BCUT2D eigenvalue weighted by molar-refractivity contribution is 5.85. The zero-order valence-corrected chi connectivity index (χ0v) is 9.26. The lowest BCUT2D eigenvalue weighted by molar-refractivity contribution is 0.453. The number of piperidine rings is 1. The molecule has 1 aromatic rings. The number of nitrogens with zero attached hydrogens (tertiary/aromatic N) is 2. The Morgan fingerprint density at radius 2 is 2.07 bits per heavy atom. The molecule has 1 aliphatic heterocycles. The van der Waals surface area contributed by atoms with Gasteiger partial charge in [0, 0.05) is 17.8 Å². The molecule has 15 heavy (non-hydrogen) atoms. The lowest BCUT2D eigenvalue weighted by atomic mass is 9.94. The van der Waals surface area contributed by atoms with E-state index < -0.39 is 0 Å². The molecule has 0 spiro atoms. The Kier molecular flexibility index (Phi) is 4.54. The Bertz CT molecular complexity index is 336. The monoisotopic (exact) mass is 223 g/mol. The molecule has 4 heteroatoms. The van der Waals surface area contributed by atoms with Gasteiger partial charge in [-0.2, -0.15) is 5.26 Å². The molecule has 0 atom stereocenters. The van der Waals surface area contributed by atoms with E-state index in [-0.39, 0.29) is 12.4 Å². The number of rotatable bonds is 1. The summed E-state index contributed by atoms with van der Waals surface area (Å²) < 4.78 is 0. The van der Waals surface area contributed by atoms with Crippen molar-refractivity contribution >= 4 is 12.4 Å². The molecule has 1 fully saturated rings. The SMILES string of the molecule is Cl.N#Cc1ccc(C2CCNCC2)nc1. The summed E-state index contributed by atoms with van der Waals surface area (Å²) in [6.07, 6.45) is 3.97. The number of nitrogens with one attached hydrogen (secondary N) is 1. The molecule has 1 aliphatic rings. The van der Waals surface area contributed by atoms with Crippen LogP contribution in [0.5, 0.6) is 0 Å². The summed E-state index contributed by atoms with van der Waals surface area (Å²) >= 11 is 0. The fraction of sp³-hybridized carbons (Fsp3) is 0.455. The standard InChI is InChI=1S/C11H13N3.ClH/c12-7-9-1-2-11(14-8-9)10-3-5-13-6-4-10;/h1-2,8,10,13H,3-6H2;1H. The van der Waals surface area contributed by atoms with Gasteiger partial charge in [-0.1, -0.05) is 0 Å². The minimum absolute atomic E-state index is 0. The van der Waals surface area contributed by atoms with E-state index in [0.717, 1.165) is 31.6 Å². The van der Waals surface area contributed by atoms with E-state index in [2.05, 4.69) is 16.4 Å². The van der Waals surface area contributed by atoms with Gasteiger partial charge in [0.2, 0.25) is 0 Å². The van der Waals surface area contributed by atoms with Crippen molar-refractivity contribution in [2.24, 2.45) is 0 Å². The Morgan fingerprint density at radius 1 is 1.33 bits per heavy atom. The van der Waals surface area contributed by atoms with E-state index in [1.165, 1.54) is 0 Å². The second-order valence-electron chi connectivity index (χ2n) is 3.61. The first-order valence-corrected chi connectivity index (χ1v) is 4.97. The summed E-state index contributed by atoms with van der Waals surface area (Å²) in [7, 11) is 0. The van der Waals surface area contributed by atoms with E-state index in [9.17, 15) is 0 Å². The molecule has 0 unspecified atom stereocenters. The highest BCUT2D eigenvalue weighted by atomic mass is 35.5. The first-order valence-electron chi connectivity index (χ1n) is 4.97. The van der Waals surface area contributed by atoms with Crippen LogP contribution in [-0.4, -0.2) is 18.1 Å². The zero-order valence-electron chi connectivity index (χ0n) is 8.44. The molecule has 0 amide bonds. The maximum Gasteiger partial charge on any atom is 0.101 e. The molecule has 2 heterocycles. The van der Waals surface area contributed by atoms with Crippen LogP contribution in [0.1, 0.15) is 30.0 Å². The summed E-state index contributed by atoms with van der Waals surface area (Å²) in [5, 5.41) is 12.0. The molecular weight excluding hydrogens is 210 g/mol. The maximum atomic E-state index is 8.64. The Labute approximate surface area is 95.9 Å². The first kappa shape index (κ1) is 12.0. The quantitative estimate of drug-likeness (QED) is 0.791. The van der Waals surface area contributed by atoms with Crippen molar-refractivity contribution < 1.29 is 0 Å². The number of pyridine rings is 1. The Morgan fingerprint density at radius 3 is 2.60 bits per heavy atom. The van der Waals surface area contributed by atoms with Crippen LogP contribution in [0.3, 0.4) is 0 Å². The maximum absolute atomic E-state index is 8.64. The normalized spacial score (nSPS) is 16.5. The summed E-state index contributed by atoms with van der Waals surface area (Å²) in [4.78, 5) is 4.32. The number of aromatic nitrogens is 1. The molecule has 80 valence electrons. The molecule has 3 nitrogen and oxygen atoms in total. The van der Waals surface area contributed by atoms with Crippen molar-refractivity contribution in [2.45, 2.75) is 18.8 Å². The molecule has 0 aliphatic carbocycles. The van der Waals surface area contributed by atoms with Gasteiger partial charge in [-0.3, -0.25) is 4.98 Å². The third-order valence-electron chi connectivity index (χ3n) is 2.67. The fourth-order valence-electron chi connectivity index (χ4n) is 1.83. The zero-order chi connectivity index (χ0) is 9.80. The van der Waals surface area contributed by atoms with E-state index in [1.807, 2.05) is 12.1 Å². The number of hydrogen-bond acceptors (Lipinski definition) is 3. The van der Waals surface area contributed by atoms with Crippen molar-refractivity contribution in [3.8, 4) is 6.07 Å². The minimum atomic E-state index is 0. The fourth-order valence-corrected chi connectivity index (χ4v) is 1.83. The van der Waals surface area contributed by atoms with Gasteiger partial charge < -0.3 is 5.32 Å². The van der Waals surface area contributed by atoms with Crippen LogP contribution in [0.2, 0.25) is 0 Å². The molecule has 1 saturated heterocycles. The summed E-state index contributed by atoms with van der Waals surface area (Å²) in [5.74, 6) is 0.573. The second kappa shape index (κ2) is 5.69. The van der Waals surface area contributed by atoms with Crippen molar-refractivity contribution in [1.29, 1.82) is 5.26 Å². The molecule has 0 bridgehead atoms. The van der Waals surface area contributed by atoms with E-state index in [1.54, 1.807) is 6.20 Å². The molecule has 0 aromatic carbocycles. The molecule has 0 radical (unpaired) electrons. The number of halogens is 1. The molecule has 1 aromatic heterocycles. The van der Waals surface area contributed by atoms with Gasteiger partial charge in [0.05, 0.1) is 5.56 Å². The van der Waals surface area contributed by atoms with Gasteiger partial charge in [0.25, 0.3) is 0 Å². The molecule has 1 N–H and O–H groups in total. The van der Waals surface area contributed by atoms with Crippen LogP contribution in [0, 0.1) is 11.3 Å². The van der Waals surface area contributed by atoms with Gasteiger partial charge in [0.15, 0.2) is 0 Å². The number of nitriles is 1. The van der Waals surface area contributed by atoms with E-state index in [0.29, 0.717) is 11.5 Å². The highest BCUT2D eigenvalue weighted by Crippen LogP contribution is 2.22. The van der Waals surface area contributed by atoms with Gasteiger partial charge in [-0.25, -0.2) is 0 Å². The highest BCUT2D eigenvalue weighted by Gasteiger charge is 2.15. The van der Waals surface area contributed by atoms with Crippen molar-refractivity contribution in [3.05, 3.63) is 29.6 Å². The van der Waals surface area contributed by atoms with Crippen LogP contribution in [0.15, 0.2) is 18.3 Å². The number of hydrogen-bond donors (Lipinski definition) is 1. The van der Waals surface area contributed by atoms with Gasteiger partial charge in [-0.15, -0.1) is 12.4 Å². The molecule has 2 rings (SSSR count). The summed E-state index contributed by atoms with van der Waals surface area (Å²) in [5.41, 5.74) is 1.77. The average molecular weight is 224 g/mol. The first-order chi connectivity index (χ1) is 6.90. The van der Waals surface area contributed by atoms with E-state index >= 15 is 0 Å². The van der Waals surface area contributed by atoms with E-state index in [4.69, 9.17) is 5.26 Å². The summed E-state index contributed by atoms with van der Waals surface area (Å²) in [6.45, 7) is 2.15. The van der Waals surface area contributed by atoms with Crippen molar-refractivity contribution in [1.82, 2.24) is 10.3 Å². The summed E-state index contributed by atoms with van der Waals surface area (Å²) in [6, 6.07) is 5.91. The minimum Gasteiger partial charge on any atom is -0.317 e. The van der Waals surface area contributed by atoms with Gasteiger partial charge >= 0.3 is 0 Å². The Hall–Kier alpha value is -1.11.